The summed E-state index contributed by atoms with van der Waals surface area (Å²) in [6.45, 7) is 9.83. The van der Waals surface area contributed by atoms with Crippen molar-refractivity contribution in [3.05, 3.63) is 85.7 Å². The number of aromatic amines is 1. The molecule has 0 amide bonds. The van der Waals surface area contributed by atoms with Gasteiger partial charge in [-0.1, -0.05) is 29.8 Å². The molecule has 3 rings (SSSR count). The van der Waals surface area contributed by atoms with Crippen LogP contribution in [0.4, 0.5) is 5.69 Å². The van der Waals surface area contributed by atoms with E-state index in [9.17, 15) is 14.4 Å². The van der Waals surface area contributed by atoms with Crippen LogP contribution in [-0.4, -0.2) is 32.8 Å². The number of benzene rings is 2. The Morgan fingerprint density at radius 1 is 1.06 bits per heavy atom. The molecule has 0 aliphatic carbocycles. The van der Waals surface area contributed by atoms with Crippen LogP contribution in [0.2, 0.25) is 0 Å². The van der Waals surface area contributed by atoms with E-state index in [1.54, 1.807) is 13.0 Å². The van der Waals surface area contributed by atoms with E-state index in [1.807, 2.05) is 64.1 Å². The first-order valence-electron chi connectivity index (χ1n) is 11.6. The largest absolute Gasteiger partial charge is 0.491 e. The average molecular weight is 481 g/mol. The number of esters is 1. The first kappa shape index (κ1) is 25.7. The van der Waals surface area contributed by atoms with Crippen LogP contribution in [0, 0.1) is 13.8 Å². The van der Waals surface area contributed by atoms with E-state index in [0.29, 0.717) is 5.69 Å². The summed E-state index contributed by atoms with van der Waals surface area (Å²) in [5, 5.41) is 0. The number of aromatic nitrogens is 3. The van der Waals surface area contributed by atoms with Gasteiger partial charge in [0.2, 0.25) is 5.62 Å². The Labute approximate surface area is 203 Å². The Morgan fingerprint density at radius 3 is 2.40 bits per heavy atom. The van der Waals surface area contributed by atoms with Crippen LogP contribution < -0.4 is 21.7 Å². The van der Waals surface area contributed by atoms with Gasteiger partial charge >= 0.3 is 17.3 Å². The Hall–Kier alpha value is -3.88. The van der Waals surface area contributed by atoms with Crippen LogP contribution in [-0.2, 0) is 22.6 Å². The van der Waals surface area contributed by atoms with E-state index in [2.05, 4.69) is 9.98 Å². The third-order valence-corrected chi connectivity index (χ3v) is 5.24. The summed E-state index contributed by atoms with van der Waals surface area (Å²) in [7, 11) is 0. The van der Waals surface area contributed by atoms with E-state index in [1.165, 1.54) is 4.57 Å². The molecule has 0 radical (unpaired) electrons. The molecule has 0 spiro atoms. The highest BCUT2D eigenvalue weighted by Gasteiger charge is 2.12. The maximum atomic E-state index is 13.4. The third-order valence-electron chi connectivity index (χ3n) is 5.24. The lowest BCUT2D eigenvalue weighted by Crippen LogP contribution is -2.50. The second-order valence-corrected chi connectivity index (χ2v) is 8.54. The van der Waals surface area contributed by atoms with Crippen LogP contribution in [0.15, 0.2) is 57.0 Å². The molecule has 0 saturated carbocycles. The Bertz CT molecular complexity index is 1360. The summed E-state index contributed by atoms with van der Waals surface area (Å²) < 4.78 is 13.1. The van der Waals surface area contributed by atoms with Crippen molar-refractivity contribution in [3.63, 3.8) is 0 Å². The normalized spacial score (nSPS) is 11.7. The average Bonchev–Trinajstić information content (AvgIpc) is 2.79. The predicted octanol–water partition coefficient (Wildman–Crippen LogP) is 2.98. The molecule has 3 aromatic rings. The van der Waals surface area contributed by atoms with Crippen molar-refractivity contribution in [3.8, 4) is 5.75 Å². The predicted molar refractivity (Wildman–Crippen MR) is 133 cm³/mol. The molecule has 0 unspecified atom stereocenters. The zero-order valence-electron chi connectivity index (χ0n) is 20.8. The van der Waals surface area contributed by atoms with Gasteiger partial charge in [0, 0.05) is 6.54 Å². The second-order valence-electron chi connectivity index (χ2n) is 8.54. The van der Waals surface area contributed by atoms with Gasteiger partial charge in [-0.2, -0.15) is 0 Å². The van der Waals surface area contributed by atoms with Gasteiger partial charge in [0.15, 0.2) is 0 Å². The van der Waals surface area contributed by atoms with Crippen molar-refractivity contribution in [2.45, 2.75) is 60.2 Å². The number of nitrogens with zero attached hydrogens (tertiary/aromatic N) is 3. The molecule has 1 heterocycles. The summed E-state index contributed by atoms with van der Waals surface area (Å²) >= 11 is 0. The summed E-state index contributed by atoms with van der Waals surface area (Å²) in [6.07, 6.45) is -0.0549. The highest BCUT2D eigenvalue weighted by Crippen LogP contribution is 2.24. The maximum absolute atomic E-state index is 13.4. The van der Waals surface area contributed by atoms with Crippen molar-refractivity contribution < 1.29 is 14.3 Å². The van der Waals surface area contributed by atoms with E-state index in [4.69, 9.17) is 9.47 Å². The maximum Gasteiger partial charge on any atom is 0.335 e. The molecular weight excluding hydrogens is 448 g/mol. The number of nitrogens with one attached hydrogen (secondary N) is 1. The first-order chi connectivity index (χ1) is 16.7. The quantitative estimate of drug-likeness (QED) is 0.474. The lowest BCUT2D eigenvalue weighted by atomic mass is 10.1. The summed E-state index contributed by atoms with van der Waals surface area (Å²) in [5.74, 6) is 0.270. The number of rotatable bonds is 9. The smallest absolute Gasteiger partial charge is 0.335 e. The summed E-state index contributed by atoms with van der Waals surface area (Å²) in [6, 6.07) is 13.2. The van der Waals surface area contributed by atoms with Gasteiger partial charge in [0.05, 0.1) is 31.4 Å². The van der Waals surface area contributed by atoms with Gasteiger partial charge in [-0.05, 0) is 63.9 Å². The first-order valence-corrected chi connectivity index (χ1v) is 11.6. The molecule has 0 atom stereocenters. The molecule has 35 heavy (non-hydrogen) atoms. The van der Waals surface area contributed by atoms with Crippen LogP contribution >= 0.6 is 0 Å². The Morgan fingerprint density at radius 2 is 1.77 bits per heavy atom. The highest BCUT2D eigenvalue weighted by molar-refractivity contribution is 5.69. The molecule has 2 aromatic carbocycles. The van der Waals surface area contributed by atoms with Crippen molar-refractivity contribution in [2.75, 3.05) is 6.61 Å². The monoisotopic (exact) mass is 480 g/mol. The van der Waals surface area contributed by atoms with Crippen LogP contribution in [0.3, 0.4) is 0 Å². The molecule has 9 nitrogen and oxygen atoms in total. The lowest BCUT2D eigenvalue weighted by molar-refractivity contribution is -0.143. The molecule has 0 fully saturated rings. The second kappa shape index (κ2) is 11.5. The molecule has 0 aliphatic heterocycles. The van der Waals surface area contributed by atoms with Crippen LogP contribution in [0.25, 0.3) is 0 Å². The molecule has 9 heteroatoms. The minimum Gasteiger partial charge on any atom is -0.491 e. The standard InChI is InChI=1S/C26H32N4O5/c1-6-34-23(31)13-14-29-25(32)28-24(27-21-11-12-22(19(5)15-21)35-17(2)3)30(26(29)33)16-20-9-7-18(4)8-10-20/h7-12,15,17H,6,13-14,16H2,1-5H3,(H,27,28,32). The zero-order valence-corrected chi connectivity index (χ0v) is 20.8. The SMILES string of the molecule is CCOC(=O)CCn1c(=O)[nH]/c(=N\c2ccc(OC(C)C)c(C)c2)n(Cc2ccc(C)cc2)c1=O. The van der Waals surface area contributed by atoms with Crippen molar-refractivity contribution in [1.29, 1.82) is 0 Å². The van der Waals surface area contributed by atoms with Crippen molar-refractivity contribution >= 4 is 11.7 Å². The van der Waals surface area contributed by atoms with E-state index in [0.717, 1.165) is 27.0 Å². The number of hydrogen-bond donors (Lipinski definition) is 1. The van der Waals surface area contributed by atoms with Crippen LogP contribution in [0.1, 0.15) is 43.9 Å². The number of carbonyl (C=O) groups is 1. The van der Waals surface area contributed by atoms with E-state index in [-0.39, 0.29) is 37.8 Å². The molecule has 0 bridgehead atoms. The molecule has 1 N–H and O–H groups in total. The number of H-pyrrole nitrogens is 1. The Balaban J connectivity index is 2.09. The molecule has 1 aromatic heterocycles. The zero-order chi connectivity index (χ0) is 25.5. The third kappa shape index (κ3) is 6.81. The van der Waals surface area contributed by atoms with Gasteiger partial charge in [-0.15, -0.1) is 0 Å². The summed E-state index contributed by atoms with van der Waals surface area (Å²) in [4.78, 5) is 45.2. The van der Waals surface area contributed by atoms with Crippen molar-refractivity contribution in [1.82, 2.24) is 14.1 Å². The molecule has 0 saturated heterocycles. The lowest BCUT2D eigenvalue weighted by Gasteiger charge is -2.13. The van der Waals surface area contributed by atoms with E-state index >= 15 is 0 Å². The van der Waals surface area contributed by atoms with Gasteiger partial charge in [-0.3, -0.25) is 14.3 Å². The van der Waals surface area contributed by atoms with E-state index < -0.39 is 17.3 Å². The van der Waals surface area contributed by atoms with Gasteiger partial charge in [-0.25, -0.2) is 19.1 Å². The summed E-state index contributed by atoms with van der Waals surface area (Å²) in [5.41, 5.74) is 2.32. The highest BCUT2D eigenvalue weighted by atomic mass is 16.5. The minimum absolute atomic E-state index is 0.0340. The Kier molecular flexibility index (Phi) is 8.46. The topological polar surface area (TPSA) is 108 Å². The van der Waals surface area contributed by atoms with Gasteiger partial charge < -0.3 is 9.47 Å². The van der Waals surface area contributed by atoms with Crippen LogP contribution in [0.5, 0.6) is 5.75 Å². The number of carbonyl (C=O) groups excluding carboxylic acids is 1. The minimum atomic E-state index is -0.644. The number of hydrogen-bond acceptors (Lipinski definition) is 6. The number of aryl methyl sites for hydroxylation is 2. The molecule has 0 aliphatic rings. The fourth-order valence-corrected chi connectivity index (χ4v) is 3.51. The molecular formula is C26H32N4O5. The van der Waals surface area contributed by atoms with Gasteiger partial charge in [0.25, 0.3) is 0 Å². The van der Waals surface area contributed by atoms with Gasteiger partial charge in [0.1, 0.15) is 5.75 Å². The fourth-order valence-electron chi connectivity index (χ4n) is 3.51. The van der Waals surface area contributed by atoms with Crippen molar-refractivity contribution in [2.24, 2.45) is 4.99 Å². The fraction of sp³-hybridized carbons (Fsp3) is 0.385. The molecule has 186 valence electrons. The number of ether oxygens (including phenoxy) is 2.